The maximum Gasteiger partial charge on any atom is 0.306 e. The van der Waals surface area contributed by atoms with Crippen LogP contribution in [0.25, 0.3) is 0 Å². The smallest absolute Gasteiger partial charge is 0.306 e. The standard InChI is InChI=1S/C30H40O4/c1-4-5-11-21(2)28(31)17-16-26-27-19-23(18-25(27)20-29(26)32)12-9-10-15-30(33)34-22(3)24-13-7-6-8-14-24/h6-8,12-14,16-17,21-22,25-29,31-32H,9-11,15,18-20H2,1-3H3/b17-16+,23-12+/t21?,22-,25-,26+,27-,28+,29+/m0/s1. The van der Waals surface area contributed by atoms with Crippen molar-refractivity contribution in [2.75, 3.05) is 0 Å². The molecule has 7 atom stereocenters. The van der Waals surface area contributed by atoms with E-state index in [9.17, 15) is 15.0 Å². The summed E-state index contributed by atoms with van der Waals surface area (Å²) in [6.45, 7) is 5.72. The fourth-order valence-electron chi connectivity index (χ4n) is 5.36. The molecule has 0 spiro atoms. The van der Waals surface area contributed by atoms with E-state index in [0.717, 1.165) is 37.7 Å². The van der Waals surface area contributed by atoms with Crippen LogP contribution in [0, 0.1) is 35.5 Å². The van der Waals surface area contributed by atoms with E-state index >= 15 is 0 Å². The minimum absolute atomic E-state index is 0.0828. The summed E-state index contributed by atoms with van der Waals surface area (Å²) in [6, 6.07) is 9.81. The summed E-state index contributed by atoms with van der Waals surface area (Å²) in [6.07, 6.45) is 10.7. The van der Waals surface area contributed by atoms with Crippen molar-refractivity contribution >= 4 is 5.97 Å². The molecule has 0 heterocycles. The second kappa shape index (κ2) is 12.9. The van der Waals surface area contributed by atoms with Crippen molar-refractivity contribution in [3.05, 3.63) is 59.7 Å². The lowest BCUT2D eigenvalue weighted by atomic mass is 9.89. The first-order valence-electron chi connectivity index (χ1n) is 12.8. The Labute approximate surface area is 205 Å². The normalized spacial score (nSPS) is 27.7. The minimum atomic E-state index is -0.534. The number of rotatable bonds is 10. The van der Waals surface area contributed by atoms with Crippen LogP contribution in [0.3, 0.4) is 0 Å². The van der Waals surface area contributed by atoms with Crippen LogP contribution in [-0.2, 0) is 9.53 Å². The van der Waals surface area contributed by atoms with Crippen LogP contribution in [0.1, 0.15) is 77.4 Å². The summed E-state index contributed by atoms with van der Waals surface area (Å²) < 4.78 is 5.56. The lowest BCUT2D eigenvalue weighted by Gasteiger charge is -2.19. The van der Waals surface area contributed by atoms with Gasteiger partial charge in [0.15, 0.2) is 0 Å². The third kappa shape index (κ3) is 7.32. The lowest BCUT2D eigenvalue weighted by Crippen LogP contribution is -2.19. The van der Waals surface area contributed by atoms with Crippen molar-refractivity contribution in [1.29, 1.82) is 0 Å². The molecule has 0 aromatic heterocycles. The molecule has 0 aliphatic heterocycles. The van der Waals surface area contributed by atoms with Gasteiger partial charge in [0.1, 0.15) is 6.10 Å². The highest BCUT2D eigenvalue weighted by atomic mass is 16.5. The molecule has 0 saturated heterocycles. The SMILES string of the molecule is CC#CCC(C)[C@H](O)/C=C/[C@@H]1[C@H]2C/C(=C/CCCC(=O)O[C@@H](C)c3ccccc3)C[C@H]2C[C@H]1O. The van der Waals surface area contributed by atoms with Gasteiger partial charge in [-0.2, -0.15) is 0 Å². The second-order valence-corrected chi connectivity index (χ2v) is 9.99. The number of benzene rings is 1. The number of fused-ring (bicyclic) bond motifs is 1. The maximum atomic E-state index is 12.2. The first kappa shape index (κ1) is 26.3. The fourth-order valence-corrected chi connectivity index (χ4v) is 5.36. The Bertz CT molecular complexity index is 907. The van der Waals surface area contributed by atoms with Crippen molar-refractivity contribution < 1.29 is 19.7 Å². The van der Waals surface area contributed by atoms with Crippen molar-refractivity contribution in [2.24, 2.45) is 23.7 Å². The molecule has 1 aromatic rings. The number of unbranched alkanes of at least 4 members (excludes halogenated alkanes) is 1. The van der Waals surface area contributed by atoms with E-state index in [1.54, 1.807) is 0 Å². The largest absolute Gasteiger partial charge is 0.458 e. The highest BCUT2D eigenvalue weighted by molar-refractivity contribution is 5.69. The number of aliphatic hydroxyl groups excluding tert-OH is 2. The minimum Gasteiger partial charge on any atom is -0.458 e. The van der Waals surface area contributed by atoms with Gasteiger partial charge in [-0.25, -0.2) is 0 Å². The molecule has 4 heteroatoms. The molecule has 34 heavy (non-hydrogen) atoms. The van der Waals surface area contributed by atoms with E-state index in [-0.39, 0.29) is 30.0 Å². The Morgan fingerprint density at radius 1 is 1.24 bits per heavy atom. The molecular formula is C30H40O4. The molecule has 2 aliphatic rings. The van der Waals surface area contributed by atoms with Crippen molar-refractivity contribution in [1.82, 2.24) is 0 Å². The van der Waals surface area contributed by atoms with Crippen LogP contribution in [0.15, 0.2) is 54.1 Å². The van der Waals surface area contributed by atoms with Crippen molar-refractivity contribution in [2.45, 2.75) is 84.0 Å². The Morgan fingerprint density at radius 3 is 2.74 bits per heavy atom. The lowest BCUT2D eigenvalue weighted by molar-refractivity contribution is -0.148. The Morgan fingerprint density at radius 2 is 2.00 bits per heavy atom. The summed E-state index contributed by atoms with van der Waals surface area (Å²) in [5, 5.41) is 21.0. The zero-order valence-corrected chi connectivity index (χ0v) is 20.8. The molecule has 2 N–H and O–H groups in total. The van der Waals surface area contributed by atoms with E-state index in [1.807, 2.05) is 63.3 Å². The summed E-state index contributed by atoms with van der Waals surface area (Å²) in [7, 11) is 0. The Hall–Kier alpha value is -2.35. The van der Waals surface area contributed by atoms with Gasteiger partial charge in [0.25, 0.3) is 0 Å². The quantitative estimate of drug-likeness (QED) is 0.200. The molecule has 3 rings (SSSR count). The van der Waals surface area contributed by atoms with Gasteiger partial charge in [-0.05, 0) is 69.3 Å². The van der Waals surface area contributed by atoms with Crippen molar-refractivity contribution in [3.8, 4) is 11.8 Å². The molecular weight excluding hydrogens is 424 g/mol. The molecule has 1 aromatic carbocycles. The summed E-state index contributed by atoms with van der Waals surface area (Å²) in [4.78, 5) is 12.2. The Kier molecular flexibility index (Phi) is 9.99. The van der Waals surface area contributed by atoms with Gasteiger partial charge < -0.3 is 14.9 Å². The Balaban J connectivity index is 1.43. The maximum absolute atomic E-state index is 12.2. The number of allylic oxidation sites excluding steroid dienone is 2. The predicted molar refractivity (Wildman–Crippen MR) is 136 cm³/mol. The summed E-state index contributed by atoms with van der Waals surface area (Å²) in [5.74, 6) is 6.88. The van der Waals surface area contributed by atoms with E-state index in [1.165, 1.54) is 5.57 Å². The third-order valence-electron chi connectivity index (χ3n) is 7.42. The molecule has 2 saturated carbocycles. The van der Waals surface area contributed by atoms with Gasteiger partial charge in [0.05, 0.1) is 12.2 Å². The van der Waals surface area contributed by atoms with Gasteiger partial charge in [-0.1, -0.05) is 61.1 Å². The van der Waals surface area contributed by atoms with Crippen LogP contribution < -0.4 is 0 Å². The molecule has 0 bridgehead atoms. The average molecular weight is 465 g/mol. The molecule has 0 amide bonds. The van der Waals surface area contributed by atoms with Crippen LogP contribution >= 0.6 is 0 Å². The van der Waals surface area contributed by atoms with Gasteiger partial charge >= 0.3 is 5.97 Å². The monoisotopic (exact) mass is 464 g/mol. The first-order valence-corrected chi connectivity index (χ1v) is 12.8. The fraction of sp³-hybridized carbons (Fsp3) is 0.567. The summed E-state index contributed by atoms with van der Waals surface area (Å²) in [5.41, 5.74) is 2.45. The number of esters is 1. The van der Waals surface area contributed by atoms with Gasteiger partial charge in [-0.3, -0.25) is 4.79 Å². The number of ether oxygens (including phenoxy) is 1. The zero-order chi connectivity index (χ0) is 24.5. The van der Waals surface area contributed by atoms with Crippen LogP contribution in [0.4, 0.5) is 0 Å². The predicted octanol–water partition coefficient (Wildman–Crippen LogP) is 5.76. The topological polar surface area (TPSA) is 66.8 Å². The van der Waals surface area contributed by atoms with Gasteiger partial charge in [-0.15, -0.1) is 11.8 Å². The molecule has 0 radical (unpaired) electrons. The van der Waals surface area contributed by atoms with E-state index in [4.69, 9.17) is 4.74 Å². The van der Waals surface area contributed by atoms with Crippen LogP contribution in [-0.4, -0.2) is 28.4 Å². The van der Waals surface area contributed by atoms with E-state index in [0.29, 0.717) is 24.7 Å². The highest BCUT2D eigenvalue weighted by Gasteiger charge is 2.45. The molecule has 2 fully saturated rings. The highest BCUT2D eigenvalue weighted by Crippen LogP contribution is 2.50. The van der Waals surface area contributed by atoms with Crippen molar-refractivity contribution in [3.63, 3.8) is 0 Å². The average Bonchev–Trinajstić information content (AvgIpc) is 3.35. The second-order valence-electron chi connectivity index (χ2n) is 9.99. The van der Waals surface area contributed by atoms with Crippen LogP contribution in [0.5, 0.6) is 0 Å². The number of hydrogen-bond acceptors (Lipinski definition) is 4. The van der Waals surface area contributed by atoms with Gasteiger partial charge in [0.2, 0.25) is 0 Å². The molecule has 4 nitrogen and oxygen atoms in total. The number of hydrogen-bond donors (Lipinski definition) is 2. The number of carbonyl (C=O) groups is 1. The van der Waals surface area contributed by atoms with E-state index < -0.39 is 6.10 Å². The molecule has 1 unspecified atom stereocenters. The van der Waals surface area contributed by atoms with Gasteiger partial charge in [0, 0.05) is 18.8 Å². The first-order chi connectivity index (χ1) is 16.4. The summed E-state index contributed by atoms with van der Waals surface area (Å²) >= 11 is 0. The number of aliphatic hydroxyl groups is 2. The molecule has 2 aliphatic carbocycles. The number of carbonyl (C=O) groups excluding carboxylic acids is 1. The van der Waals surface area contributed by atoms with E-state index in [2.05, 4.69) is 17.9 Å². The zero-order valence-electron chi connectivity index (χ0n) is 20.8. The third-order valence-corrected chi connectivity index (χ3v) is 7.42. The molecule has 184 valence electrons. The van der Waals surface area contributed by atoms with Crippen LogP contribution in [0.2, 0.25) is 0 Å².